The molecule has 4 aromatic rings. The number of para-hydroxylation sites is 1. The molecule has 1 aromatic heterocycles. The molecule has 0 fully saturated rings. The topological polar surface area (TPSA) is 59.3 Å². The molecular weight excluding hydrogens is 406 g/mol. The Morgan fingerprint density at radius 3 is 2.19 bits per heavy atom. The second-order valence-electron chi connectivity index (χ2n) is 5.96. The zero-order valence-electron chi connectivity index (χ0n) is 14.1. The molecule has 132 valence electrons. The first-order chi connectivity index (χ1) is 13.1. The summed E-state index contributed by atoms with van der Waals surface area (Å²) in [6, 6.07) is 23.1. The molecule has 0 saturated carbocycles. The minimum absolute atomic E-state index is 0.118. The number of nitrogens with one attached hydrogen (secondary N) is 1. The summed E-state index contributed by atoms with van der Waals surface area (Å²) in [4.78, 5) is 25.6. The molecule has 0 aliphatic rings. The number of hydrogen-bond donors (Lipinski definition) is 1. The van der Waals surface area contributed by atoms with Gasteiger partial charge in [0.2, 0.25) is 5.78 Å². The molecule has 0 bridgehead atoms. The van der Waals surface area contributed by atoms with Crippen molar-refractivity contribution in [3.63, 3.8) is 0 Å². The summed E-state index contributed by atoms with van der Waals surface area (Å²) in [5.41, 5.74) is 1.91. The van der Waals surface area contributed by atoms with E-state index in [-0.39, 0.29) is 17.5 Å². The van der Waals surface area contributed by atoms with Crippen LogP contribution in [0.2, 0.25) is 0 Å². The number of furan rings is 1. The summed E-state index contributed by atoms with van der Waals surface area (Å²) < 4.78 is 6.68. The van der Waals surface area contributed by atoms with E-state index in [2.05, 4.69) is 21.2 Å². The fourth-order valence-electron chi connectivity index (χ4n) is 2.84. The van der Waals surface area contributed by atoms with E-state index in [4.69, 9.17) is 4.42 Å². The number of ketones is 1. The molecule has 0 atom stereocenters. The molecular formula is C22H14BrNO3. The van der Waals surface area contributed by atoms with E-state index >= 15 is 0 Å². The molecule has 1 amide bonds. The van der Waals surface area contributed by atoms with Gasteiger partial charge in [-0.1, -0.05) is 58.4 Å². The van der Waals surface area contributed by atoms with E-state index in [0.29, 0.717) is 27.8 Å². The number of carbonyl (C=O) groups excluding carboxylic acids is 2. The molecule has 0 spiro atoms. The largest absolute Gasteiger partial charge is 0.450 e. The van der Waals surface area contributed by atoms with Crippen molar-refractivity contribution in [3.05, 3.63) is 100 Å². The van der Waals surface area contributed by atoms with Crippen LogP contribution in [-0.2, 0) is 0 Å². The first kappa shape index (κ1) is 17.2. The zero-order valence-corrected chi connectivity index (χ0v) is 15.7. The summed E-state index contributed by atoms with van der Waals surface area (Å²) in [5, 5.41) is 3.53. The highest BCUT2D eigenvalue weighted by Gasteiger charge is 2.23. The lowest BCUT2D eigenvalue weighted by atomic mass is 10.1. The van der Waals surface area contributed by atoms with Gasteiger partial charge >= 0.3 is 0 Å². The molecule has 27 heavy (non-hydrogen) atoms. The van der Waals surface area contributed by atoms with Crippen molar-refractivity contribution in [1.82, 2.24) is 0 Å². The van der Waals surface area contributed by atoms with Crippen LogP contribution in [0.4, 0.5) is 5.69 Å². The predicted octanol–water partition coefficient (Wildman–Crippen LogP) is 5.68. The third-order valence-corrected chi connectivity index (χ3v) is 4.71. The Kier molecular flexibility index (Phi) is 4.60. The van der Waals surface area contributed by atoms with Gasteiger partial charge in [0.25, 0.3) is 5.91 Å². The maximum absolute atomic E-state index is 12.9. The van der Waals surface area contributed by atoms with Crippen LogP contribution in [0.5, 0.6) is 0 Å². The van der Waals surface area contributed by atoms with E-state index in [0.717, 1.165) is 4.47 Å². The molecule has 0 aliphatic carbocycles. The van der Waals surface area contributed by atoms with Crippen LogP contribution in [0.1, 0.15) is 26.5 Å². The monoisotopic (exact) mass is 419 g/mol. The minimum atomic E-state index is -0.309. The number of benzene rings is 3. The second-order valence-corrected chi connectivity index (χ2v) is 6.87. The zero-order chi connectivity index (χ0) is 18.8. The summed E-state index contributed by atoms with van der Waals surface area (Å²) in [6.45, 7) is 0. The molecule has 0 unspecified atom stereocenters. The summed E-state index contributed by atoms with van der Waals surface area (Å²) >= 11 is 3.35. The van der Waals surface area contributed by atoms with Crippen LogP contribution < -0.4 is 5.32 Å². The SMILES string of the molecule is O=C(Nc1c(C(=O)c2ccccc2)oc2ccccc12)c1ccc(Br)cc1. The molecule has 1 heterocycles. The third-order valence-electron chi connectivity index (χ3n) is 4.18. The molecule has 4 nitrogen and oxygen atoms in total. The first-order valence-electron chi connectivity index (χ1n) is 8.31. The van der Waals surface area contributed by atoms with Crippen molar-refractivity contribution in [2.75, 3.05) is 5.32 Å². The number of fused-ring (bicyclic) bond motifs is 1. The molecule has 3 aromatic carbocycles. The van der Waals surface area contributed by atoms with E-state index in [1.165, 1.54) is 0 Å². The van der Waals surface area contributed by atoms with Crippen LogP contribution in [0, 0.1) is 0 Å². The lowest BCUT2D eigenvalue weighted by molar-refractivity contribution is 0.101. The molecule has 4 rings (SSSR count). The number of amides is 1. The number of hydrogen-bond acceptors (Lipinski definition) is 3. The fraction of sp³-hybridized carbons (Fsp3) is 0. The van der Waals surface area contributed by atoms with E-state index in [1.807, 2.05) is 24.3 Å². The van der Waals surface area contributed by atoms with Gasteiger partial charge in [-0.05, 0) is 36.4 Å². The predicted molar refractivity (Wildman–Crippen MR) is 108 cm³/mol. The molecule has 0 saturated heterocycles. The van der Waals surface area contributed by atoms with Gasteiger partial charge in [-0.3, -0.25) is 9.59 Å². The standard InChI is InChI=1S/C22H14BrNO3/c23-16-12-10-15(11-13-16)22(26)24-19-17-8-4-5-9-18(17)27-21(19)20(25)14-6-2-1-3-7-14/h1-13H,(H,24,26). The molecule has 5 heteroatoms. The summed E-state index contributed by atoms with van der Waals surface area (Å²) in [5.74, 6) is -0.470. The minimum Gasteiger partial charge on any atom is -0.450 e. The lowest BCUT2D eigenvalue weighted by Crippen LogP contribution is -2.14. The highest BCUT2D eigenvalue weighted by molar-refractivity contribution is 9.10. The maximum Gasteiger partial charge on any atom is 0.255 e. The van der Waals surface area contributed by atoms with Crippen LogP contribution >= 0.6 is 15.9 Å². The van der Waals surface area contributed by atoms with Gasteiger partial charge in [0, 0.05) is 21.0 Å². The fourth-order valence-corrected chi connectivity index (χ4v) is 3.10. The van der Waals surface area contributed by atoms with Crippen molar-refractivity contribution in [2.45, 2.75) is 0 Å². The number of carbonyl (C=O) groups is 2. The Labute approximate surface area is 163 Å². The van der Waals surface area contributed by atoms with Gasteiger partial charge in [0.05, 0.1) is 5.69 Å². The van der Waals surface area contributed by atoms with E-state index in [1.54, 1.807) is 54.6 Å². The third kappa shape index (κ3) is 3.41. The van der Waals surface area contributed by atoms with Crippen LogP contribution in [0.15, 0.2) is 87.8 Å². The average Bonchev–Trinajstić information content (AvgIpc) is 3.07. The maximum atomic E-state index is 12.9. The van der Waals surface area contributed by atoms with Gasteiger partial charge in [0.15, 0.2) is 5.76 Å². The van der Waals surface area contributed by atoms with Gasteiger partial charge in [0.1, 0.15) is 5.58 Å². The Morgan fingerprint density at radius 1 is 0.778 bits per heavy atom. The highest BCUT2D eigenvalue weighted by atomic mass is 79.9. The normalized spacial score (nSPS) is 10.7. The van der Waals surface area contributed by atoms with Crippen LogP contribution in [0.3, 0.4) is 0 Å². The number of rotatable bonds is 4. The van der Waals surface area contributed by atoms with Crippen LogP contribution in [0.25, 0.3) is 11.0 Å². The van der Waals surface area contributed by atoms with Crippen molar-refractivity contribution in [3.8, 4) is 0 Å². The Balaban J connectivity index is 1.78. The van der Waals surface area contributed by atoms with Crippen LogP contribution in [-0.4, -0.2) is 11.7 Å². The van der Waals surface area contributed by atoms with Crippen molar-refractivity contribution in [2.24, 2.45) is 0 Å². The Morgan fingerprint density at radius 2 is 1.44 bits per heavy atom. The second kappa shape index (κ2) is 7.21. The van der Waals surface area contributed by atoms with Gasteiger partial charge in [-0.15, -0.1) is 0 Å². The van der Waals surface area contributed by atoms with Gasteiger partial charge in [-0.25, -0.2) is 0 Å². The van der Waals surface area contributed by atoms with E-state index < -0.39 is 0 Å². The molecule has 0 aliphatic heterocycles. The lowest BCUT2D eigenvalue weighted by Gasteiger charge is -2.06. The Bertz CT molecular complexity index is 1130. The van der Waals surface area contributed by atoms with Gasteiger partial charge in [-0.2, -0.15) is 0 Å². The van der Waals surface area contributed by atoms with E-state index in [9.17, 15) is 9.59 Å². The quantitative estimate of drug-likeness (QED) is 0.433. The average molecular weight is 420 g/mol. The summed E-state index contributed by atoms with van der Waals surface area (Å²) in [7, 11) is 0. The molecule has 0 radical (unpaired) electrons. The number of halogens is 1. The number of anilines is 1. The smallest absolute Gasteiger partial charge is 0.255 e. The first-order valence-corrected chi connectivity index (χ1v) is 9.11. The van der Waals surface area contributed by atoms with Crippen molar-refractivity contribution >= 4 is 44.3 Å². The van der Waals surface area contributed by atoms with Crippen molar-refractivity contribution < 1.29 is 14.0 Å². The summed E-state index contributed by atoms with van der Waals surface area (Å²) in [6.07, 6.45) is 0. The molecule has 1 N–H and O–H groups in total. The Hall–Kier alpha value is -3.18. The highest BCUT2D eigenvalue weighted by Crippen LogP contribution is 2.33. The van der Waals surface area contributed by atoms with Crippen molar-refractivity contribution in [1.29, 1.82) is 0 Å². The van der Waals surface area contributed by atoms with Gasteiger partial charge < -0.3 is 9.73 Å².